The molecular weight excluding hydrogens is 364 g/mol. The van der Waals surface area contributed by atoms with Gasteiger partial charge in [-0.1, -0.05) is 0 Å². The number of rotatable bonds is 5. The maximum Gasteiger partial charge on any atom is 0.261 e. The smallest absolute Gasteiger partial charge is 0.261 e. The van der Waals surface area contributed by atoms with E-state index >= 15 is 0 Å². The molecule has 1 amide bonds. The summed E-state index contributed by atoms with van der Waals surface area (Å²) in [4.78, 5) is 11.8. The molecule has 0 spiro atoms. The molecule has 0 aliphatic carbocycles. The minimum absolute atomic E-state index is 0.0224. The van der Waals surface area contributed by atoms with Crippen LogP contribution in [0.2, 0.25) is 0 Å². The monoisotopic (exact) mass is 380 g/mol. The van der Waals surface area contributed by atoms with Gasteiger partial charge >= 0.3 is 0 Å². The van der Waals surface area contributed by atoms with Gasteiger partial charge in [-0.25, -0.2) is 5.43 Å². The predicted octanol–water partition coefficient (Wildman–Crippen LogP) is 2.13. The number of carbonyl (C=O) groups excluding carboxylic acids is 1. The van der Waals surface area contributed by atoms with Crippen molar-refractivity contribution in [2.45, 2.75) is 20.4 Å². The van der Waals surface area contributed by atoms with Crippen molar-refractivity contribution < 1.29 is 14.6 Å². The van der Waals surface area contributed by atoms with Crippen LogP contribution in [0.25, 0.3) is 0 Å². The average molecular weight is 381 g/mol. The fourth-order valence-electron chi connectivity index (χ4n) is 2.00. The van der Waals surface area contributed by atoms with Gasteiger partial charge in [0.2, 0.25) is 0 Å². The van der Waals surface area contributed by atoms with Gasteiger partial charge in [0.15, 0.2) is 0 Å². The number of ether oxygens (including phenoxy) is 1. The molecule has 2 rings (SSSR count). The lowest BCUT2D eigenvalue weighted by Gasteiger charge is -2.06. The predicted molar refractivity (Wildman–Crippen MR) is 89.8 cm³/mol. The summed E-state index contributed by atoms with van der Waals surface area (Å²) in [6.07, 6.45) is 1.35. The van der Waals surface area contributed by atoms with Gasteiger partial charge in [0.25, 0.3) is 5.91 Å². The van der Waals surface area contributed by atoms with E-state index in [0.717, 1.165) is 11.4 Å². The van der Waals surface area contributed by atoms with E-state index in [1.54, 1.807) is 10.7 Å². The van der Waals surface area contributed by atoms with Crippen LogP contribution < -0.4 is 10.2 Å². The van der Waals surface area contributed by atoms with Crippen LogP contribution in [0.15, 0.2) is 27.8 Å². The molecule has 0 fully saturated rings. The molecule has 2 aromatic rings. The van der Waals surface area contributed by atoms with Gasteiger partial charge in [0.05, 0.1) is 23.5 Å². The largest absolute Gasteiger partial charge is 0.507 e. The second-order valence-corrected chi connectivity index (χ2v) is 5.78. The van der Waals surface area contributed by atoms with Crippen molar-refractivity contribution in [3.05, 3.63) is 39.6 Å². The van der Waals surface area contributed by atoms with Gasteiger partial charge in [-0.3, -0.25) is 9.48 Å². The molecule has 122 valence electrons. The summed E-state index contributed by atoms with van der Waals surface area (Å²) in [6.45, 7) is 3.82. The number of halogens is 1. The molecule has 0 aliphatic heterocycles. The molecule has 1 heterocycles. The number of aryl methyl sites for hydroxylation is 2. The first-order valence-electron chi connectivity index (χ1n) is 6.80. The first-order chi connectivity index (χ1) is 10.9. The molecule has 7 nitrogen and oxygen atoms in total. The number of phenolic OH excluding ortho intramolecular Hbond substituents is 1. The zero-order valence-corrected chi connectivity index (χ0v) is 14.6. The first-order valence-corrected chi connectivity index (χ1v) is 7.59. The van der Waals surface area contributed by atoms with Gasteiger partial charge in [-0.2, -0.15) is 10.2 Å². The lowest BCUT2D eigenvalue weighted by atomic mass is 10.2. The van der Waals surface area contributed by atoms with Gasteiger partial charge in [-0.05, 0) is 48.0 Å². The molecule has 1 aromatic carbocycles. The van der Waals surface area contributed by atoms with Crippen molar-refractivity contribution in [2.75, 3.05) is 7.11 Å². The zero-order valence-electron chi connectivity index (χ0n) is 13.0. The number of phenols is 1. The van der Waals surface area contributed by atoms with E-state index in [2.05, 4.69) is 31.6 Å². The van der Waals surface area contributed by atoms with Crippen LogP contribution in [0, 0.1) is 13.8 Å². The molecule has 0 saturated heterocycles. The summed E-state index contributed by atoms with van der Waals surface area (Å²) in [5, 5.41) is 17.9. The average Bonchev–Trinajstić information content (AvgIpc) is 2.79. The maximum absolute atomic E-state index is 11.8. The second-order valence-electron chi connectivity index (χ2n) is 4.92. The number of nitrogens with one attached hydrogen (secondary N) is 1. The summed E-state index contributed by atoms with van der Waals surface area (Å²) in [5.41, 5.74) is 4.58. The number of hydrogen-bond acceptors (Lipinski definition) is 5. The van der Waals surface area contributed by atoms with Crippen LogP contribution in [0.4, 0.5) is 0 Å². The molecule has 8 heteroatoms. The van der Waals surface area contributed by atoms with Crippen molar-refractivity contribution in [3.8, 4) is 11.5 Å². The minimum atomic E-state index is -0.309. The Labute approximate surface area is 142 Å². The highest BCUT2D eigenvalue weighted by Gasteiger charge is 2.08. The van der Waals surface area contributed by atoms with Crippen LogP contribution in [-0.2, 0) is 11.3 Å². The number of benzene rings is 1. The number of aromatic nitrogens is 2. The van der Waals surface area contributed by atoms with Crippen LogP contribution in [-0.4, -0.2) is 34.1 Å². The lowest BCUT2D eigenvalue weighted by Crippen LogP contribution is -2.24. The Balaban J connectivity index is 2.01. The maximum atomic E-state index is 11.8. The Morgan fingerprint density at radius 2 is 2.22 bits per heavy atom. The van der Waals surface area contributed by atoms with Crippen molar-refractivity contribution in [1.82, 2.24) is 15.2 Å². The fraction of sp³-hybridized carbons (Fsp3) is 0.267. The summed E-state index contributed by atoms with van der Waals surface area (Å²) in [5.74, 6) is 0.267. The molecule has 2 N–H and O–H groups in total. The van der Waals surface area contributed by atoms with E-state index in [0.29, 0.717) is 15.8 Å². The van der Waals surface area contributed by atoms with E-state index in [9.17, 15) is 9.90 Å². The number of amides is 1. The van der Waals surface area contributed by atoms with Crippen molar-refractivity contribution in [2.24, 2.45) is 5.10 Å². The number of nitrogens with zero attached hydrogens (tertiary/aromatic N) is 3. The third kappa shape index (κ3) is 4.32. The molecule has 0 atom stereocenters. The van der Waals surface area contributed by atoms with Gasteiger partial charge < -0.3 is 9.84 Å². The molecule has 23 heavy (non-hydrogen) atoms. The third-order valence-corrected chi connectivity index (χ3v) is 3.71. The molecule has 0 bridgehead atoms. The SMILES string of the molecule is COc1cc(/C=N\NC(=O)Cn2nc(C)cc2C)c(O)cc1Br. The molecule has 1 aromatic heterocycles. The summed E-state index contributed by atoms with van der Waals surface area (Å²) < 4.78 is 7.37. The molecule has 0 radical (unpaired) electrons. The van der Waals surface area contributed by atoms with Crippen molar-refractivity contribution in [1.29, 1.82) is 0 Å². The summed E-state index contributed by atoms with van der Waals surface area (Å²) in [6, 6.07) is 5.00. The fourth-order valence-corrected chi connectivity index (χ4v) is 2.49. The highest BCUT2D eigenvalue weighted by molar-refractivity contribution is 9.10. The number of hydrogen-bond donors (Lipinski definition) is 2. The standard InChI is InChI=1S/C15H17BrN4O3/c1-9-4-10(2)20(19-9)8-15(22)18-17-7-11-5-14(23-3)12(16)6-13(11)21/h4-7,21H,8H2,1-3H3,(H,18,22)/b17-7-. The Morgan fingerprint density at radius 1 is 1.48 bits per heavy atom. The van der Waals surface area contributed by atoms with E-state index in [1.807, 2.05) is 19.9 Å². The van der Waals surface area contributed by atoms with Crippen molar-refractivity contribution >= 4 is 28.1 Å². The van der Waals surface area contributed by atoms with Gasteiger partial charge in [0.1, 0.15) is 18.0 Å². The van der Waals surface area contributed by atoms with E-state index in [1.165, 1.54) is 19.4 Å². The summed E-state index contributed by atoms with van der Waals surface area (Å²) in [7, 11) is 1.52. The van der Waals surface area contributed by atoms with E-state index in [-0.39, 0.29) is 18.2 Å². The minimum Gasteiger partial charge on any atom is -0.507 e. The number of methoxy groups -OCH3 is 1. The highest BCUT2D eigenvalue weighted by atomic mass is 79.9. The Bertz CT molecular complexity index is 755. The molecule has 0 aliphatic rings. The number of aromatic hydroxyl groups is 1. The van der Waals surface area contributed by atoms with Crippen LogP contribution in [0.5, 0.6) is 11.5 Å². The summed E-state index contributed by atoms with van der Waals surface area (Å²) >= 11 is 3.27. The number of carbonyl (C=O) groups is 1. The lowest BCUT2D eigenvalue weighted by molar-refractivity contribution is -0.121. The van der Waals surface area contributed by atoms with Crippen LogP contribution in [0.1, 0.15) is 17.0 Å². The van der Waals surface area contributed by atoms with E-state index in [4.69, 9.17) is 4.74 Å². The highest BCUT2D eigenvalue weighted by Crippen LogP contribution is 2.31. The molecule has 0 unspecified atom stereocenters. The quantitative estimate of drug-likeness (QED) is 0.614. The Kier molecular flexibility index (Phi) is 5.38. The second kappa shape index (κ2) is 7.28. The molecule has 0 saturated carbocycles. The number of hydrazone groups is 1. The van der Waals surface area contributed by atoms with Crippen LogP contribution in [0.3, 0.4) is 0 Å². The Hall–Kier alpha value is -2.35. The topological polar surface area (TPSA) is 88.7 Å². The van der Waals surface area contributed by atoms with Crippen molar-refractivity contribution in [3.63, 3.8) is 0 Å². The normalized spacial score (nSPS) is 11.0. The Morgan fingerprint density at radius 3 is 2.83 bits per heavy atom. The third-order valence-electron chi connectivity index (χ3n) is 3.09. The van der Waals surface area contributed by atoms with Crippen LogP contribution >= 0.6 is 15.9 Å². The molecular formula is C15H17BrN4O3. The van der Waals surface area contributed by atoms with Gasteiger partial charge in [-0.15, -0.1) is 0 Å². The van der Waals surface area contributed by atoms with E-state index < -0.39 is 0 Å². The zero-order chi connectivity index (χ0) is 17.0. The van der Waals surface area contributed by atoms with Gasteiger partial charge in [0, 0.05) is 11.3 Å². The first kappa shape index (κ1) is 17.0.